The summed E-state index contributed by atoms with van der Waals surface area (Å²) in [6.45, 7) is 8.67. The van der Waals surface area contributed by atoms with Gasteiger partial charge in [-0.25, -0.2) is 0 Å². The molecule has 114 valence electrons. The summed E-state index contributed by atoms with van der Waals surface area (Å²) in [5, 5.41) is 3.46. The molecular formula is C17H31N3. The third-order valence-corrected chi connectivity index (χ3v) is 3.37. The molecule has 0 saturated carbocycles. The van der Waals surface area contributed by atoms with Gasteiger partial charge < -0.3 is 15.1 Å². The predicted molar refractivity (Wildman–Crippen MR) is 88.2 cm³/mol. The SMILES string of the molecule is CC(C)NCCc1ccc(CN(C)CCN(C)C)cc1. The zero-order valence-corrected chi connectivity index (χ0v) is 13.8. The van der Waals surface area contributed by atoms with E-state index in [0.29, 0.717) is 6.04 Å². The Bertz CT molecular complexity index is 357. The Balaban J connectivity index is 2.34. The van der Waals surface area contributed by atoms with Crippen molar-refractivity contribution in [2.45, 2.75) is 32.9 Å². The summed E-state index contributed by atoms with van der Waals surface area (Å²) in [5.41, 5.74) is 2.81. The smallest absolute Gasteiger partial charge is 0.0231 e. The number of nitrogens with one attached hydrogen (secondary N) is 1. The summed E-state index contributed by atoms with van der Waals surface area (Å²) in [4.78, 5) is 4.59. The van der Waals surface area contributed by atoms with Crippen molar-refractivity contribution in [3.8, 4) is 0 Å². The first-order chi connectivity index (χ1) is 9.47. The van der Waals surface area contributed by atoms with Gasteiger partial charge in [0.1, 0.15) is 0 Å². The lowest BCUT2D eigenvalue weighted by Gasteiger charge is -2.19. The van der Waals surface area contributed by atoms with Crippen LogP contribution in [0.5, 0.6) is 0 Å². The van der Waals surface area contributed by atoms with Gasteiger partial charge in [0.25, 0.3) is 0 Å². The molecule has 0 bridgehead atoms. The molecule has 0 radical (unpaired) electrons. The van der Waals surface area contributed by atoms with Gasteiger partial charge in [0.2, 0.25) is 0 Å². The highest BCUT2D eigenvalue weighted by Gasteiger charge is 2.02. The molecule has 3 heteroatoms. The van der Waals surface area contributed by atoms with Crippen molar-refractivity contribution in [1.29, 1.82) is 0 Å². The first kappa shape index (κ1) is 17.2. The van der Waals surface area contributed by atoms with Crippen LogP contribution in [0.25, 0.3) is 0 Å². The van der Waals surface area contributed by atoms with Crippen molar-refractivity contribution in [2.75, 3.05) is 40.8 Å². The molecule has 0 heterocycles. The number of rotatable bonds is 9. The Morgan fingerprint density at radius 3 is 2.10 bits per heavy atom. The lowest BCUT2D eigenvalue weighted by Crippen LogP contribution is -2.28. The van der Waals surface area contributed by atoms with Crippen molar-refractivity contribution in [2.24, 2.45) is 0 Å². The number of nitrogens with zero attached hydrogens (tertiary/aromatic N) is 2. The third-order valence-electron chi connectivity index (χ3n) is 3.37. The monoisotopic (exact) mass is 277 g/mol. The molecule has 3 nitrogen and oxygen atoms in total. The van der Waals surface area contributed by atoms with Crippen LogP contribution in [0.2, 0.25) is 0 Å². The molecular weight excluding hydrogens is 246 g/mol. The van der Waals surface area contributed by atoms with Crippen LogP contribution in [0.4, 0.5) is 0 Å². The molecule has 0 aliphatic rings. The zero-order valence-electron chi connectivity index (χ0n) is 13.8. The highest BCUT2D eigenvalue weighted by Crippen LogP contribution is 2.07. The lowest BCUT2D eigenvalue weighted by atomic mass is 10.1. The third kappa shape index (κ3) is 7.63. The Labute approximate surface area is 125 Å². The average molecular weight is 277 g/mol. The molecule has 0 aliphatic carbocycles. The predicted octanol–water partition coefficient (Wildman–Crippen LogP) is 2.22. The van der Waals surface area contributed by atoms with E-state index >= 15 is 0 Å². The fraction of sp³-hybridized carbons (Fsp3) is 0.647. The molecule has 1 N–H and O–H groups in total. The molecule has 0 aromatic heterocycles. The van der Waals surface area contributed by atoms with E-state index in [2.05, 4.69) is 74.4 Å². The molecule has 0 atom stereocenters. The van der Waals surface area contributed by atoms with E-state index in [9.17, 15) is 0 Å². The van der Waals surface area contributed by atoms with Crippen molar-refractivity contribution in [3.63, 3.8) is 0 Å². The Kier molecular flexibility index (Phi) is 7.82. The van der Waals surface area contributed by atoms with Crippen molar-refractivity contribution < 1.29 is 0 Å². The van der Waals surface area contributed by atoms with Crippen LogP contribution in [0, 0.1) is 0 Å². The van der Waals surface area contributed by atoms with E-state index in [4.69, 9.17) is 0 Å². The largest absolute Gasteiger partial charge is 0.314 e. The molecule has 0 amide bonds. The Morgan fingerprint density at radius 1 is 0.950 bits per heavy atom. The summed E-state index contributed by atoms with van der Waals surface area (Å²) < 4.78 is 0. The molecule has 0 fully saturated rings. The van der Waals surface area contributed by atoms with Crippen molar-refractivity contribution >= 4 is 0 Å². The van der Waals surface area contributed by atoms with Crippen LogP contribution in [0.1, 0.15) is 25.0 Å². The summed E-state index contributed by atoms with van der Waals surface area (Å²) >= 11 is 0. The van der Waals surface area contributed by atoms with E-state index in [1.165, 1.54) is 11.1 Å². The van der Waals surface area contributed by atoms with Gasteiger partial charge in [0.05, 0.1) is 0 Å². The van der Waals surface area contributed by atoms with E-state index in [0.717, 1.165) is 32.6 Å². The van der Waals surface area contributed by atoms with Gasteiger partial charge >= 0.3 is 0 Å². The highest BCUT2D eigenvalue weighted by molar-refractivity contribution is 5.22. The van der Waals surface area contributed by atoms with Crippen LogP contribution in [0.3, 0.4) is 0 Å². The highest BCUT2D eigenvalue weighted by atomic mass is 15.1. The van der Waals surface area contributed by atoms with Gasteiger partial charge in [-0.05, 0) is 45.2 Å². The average Bonchev–Trinajstić information content (AvgIpc) is 2.38. The second-order valence-corrected chi connectivity index (χ2v) is 6.22. The van der Waals surface area contributed by atoms with E-state index in [1.54, 1.807) is 0 Å². The van der Waals surface area contributed by atoms with E-state index < -0.39 is 0 Å². The second-order valence-electron chi connectivity index (χ2n) is 6.22. The summed E-state index contributed by atoms with van der Waals surface area (Å²) in [6, 6.07) is 9.61. The first-order valence-corrected chi connectivity index (χ1v) is 7.62. The van der Waals surface area contributed by atoms with Crippen LogP contribution in [0.15, 0.2) is 24.3 Å². The fourth-order valence-electron chi connectivity index (χ4n) is 2.08. The van der Waals surface area contributed by atoms with Gasteiger partial charge in [-0.15, -0.1) is 0 Å². The molecule has 0 saturated heterocycles. The Morgan fingerprint density at radius 2 is 1.55 bits per heavy atom. The molecule has 0 unspecified atom stereocenters. The topological polar surface area (TPSA) is 18.5 Å². The van der Waals surface area contributed by atoms with Crippen molar-refractivity contribution in [1.82, 2.24) is 15.1 Å². The van der Waals surface area contributed by atoms with Gasteiger partial charge in [0.15, 0.2) is 0 Å². The van der Waals surface area contributed by atoms with E-state index in [-0.39, 0.29) is 0 Å². The summed E-state index contributed by atoms with van der Waals surface area (Å²) in [7, 11) is 6.42. The minimum atomic E-state index is 0.569. The second kappa shape index (κ2) is 9.11. The maximum absolute atomic E-state index is 3.46. The standard InChI is InChI=1S/C17H31N3/c1-15(2)18-11-10-16-6-8-17(9-7-16)14-20(5)13-12-19(3)4/h6-9,15,18H,10-14H2,1-5H3. The molecule has 1 aromatic rings. The lowest BCUT2D eigenvalue weighted by molar-refractivity contribution is 0.276. The molecule has 0 spiro atoms. The maximum atomic E-state index is 3.46. The van der Waals surface area contributed by atoms with Gasteiger partial charge in [-0.1, -0.05) is 38.1 Å². The fourth-order valence-corrected chi connectivity index (χ4v) is 2.08. The number of hydrogen-bond donors (Lipinski definition) is 1. The minimum Gasteiger partial charge on any atom is -0.314 e. The van der Waals surface area contributed by atoms with Crippen LogP contribution >= 0.6 is 0 Å². The molecule has 1 aromatic carbocycles. The zero-order chi connectivity index (χ0) is 15.0. The minimum absolute atomic E-state index is 0.569. The first-order valence-electron chi connectivity index (χ1n) is 7.62. The van der Waals surface area contributed by atoms with Gasteiger partial charge in [0, 0.05) is 25.7 Å². The van der Waals surface area contributed by atoms with Crippen molar-refractivity contribution in [3.05, 3.63) is 35.4 Å². The maximum Gasteiger partial charge on any atom is 0.0231 e. The number of likely N-dealkylation sites (N-methyl/N-ethyl adjacent to an activating group) is 2. The van der Waals surface area contributed by atoms with E-state index in [1.807, 2.05) is 0 Å². The summed E-state index contributed by atoms with van der Waals surface area (Å²) in [5.74, 6) is 0. The quantitative estimate of drug-likeness (QED) is 0.747. The van der Waals surface area contributed by atoms with Crippen LogP contribution in [-0.2, 0) is 13.0 Å². The normalized spacial score (nSPS) is 11.8. The molecule has 1 rings (SSSR count). The Hall–Kier alpha value is -0.900. The number of hydrogen-bond acceptors (Lipinski definition) is 3. The van der Waals surface area contributed by atoms with Crippen LogP contribution < -0.4 is 5.32 Å². The summed E-state index contributed by atoms with van der Waals surface area (Å²) in [6.07, 6.45) is 1.11. The van der Waals surface area contributed by atoms with Crippen LogP contribution in [-0.4, -0.2) is 56.6 Å². The van der Waals surface area contributed by atoms with Gasteiger partial charge in [-0.2, -0.15) is 0 Å². The number of benzene rings is 1. The van der Waals surface area contributed by atoms with Gasteiger partial charge in [-0.3, -0.25) is 0 Å². The molecule has 20 heavy (non-hydrogen) atoms. The molecule has 0 aliphatic heterocycles.